The Morgan fingerprint density at radius 2 is 0.862 bits per heavy atom. The number of hydrogen-bond acceptors (Lipinski definition) is 1. The van der Waals surface area contributed by atoms with E-state index in [0.717, 1.165) is 17.1 Å². The first-order valence-electron chi connectivity index (χ1n) is 20.1. The molecule has 272 valence electrons. The van der Waals surface area contributed by atoms with E-state index in [9.17, 15) is 0 Å². The Kier molecular flexibility index (Phi) is 8.12. The zero-order chi connectivity index (χ0) is 38.5. The second kappa shape index (κ2) is 13.9. The van der Waals surface area contributed by atoms with E-state index in [4.69, 9.17) is 0 Å². The average Bonchev–Trinajstić information content (AvgIpc) is 3.60. The van der Waals surface area contributed by atoms with Crippen LogP contribution in [-0.2, 0) is 5.41 Å². The third-order valence-electron chi connectivity index (χ3n) is 12.1. The fraction of sp³-hybridized carbons (Fsp3) is 0.0175. The van der Waals surface area contributed by atoms with Gasteiger partial charge in [-0.2, -0.15) is 0 Å². The molecule has 58 heavy (non-hydrogen) atoms. The van der Waals surface area contributed by atoms with Gasteiger partial charge in [-0.25, -0.2) is 0 Å². The van der Waals surface area contributed by atoms with Crippen LogP contribution in [0.15, 0.2) is 237 Å². The maximum Gasteiger partial charge on any atom is 0.0714 e. The van der Waals surface area contributed by atoms with Gasteiger partial charge in [0.2, 0.25) is 0 Å². The van der Waals surface area contributed by atoms with Crippen molar-refractivity contribution in [1.29, 1.82) is 0 Å². The molecule has 0 bridgehead atoms. The maximum absolute atomic E-state index is 2.47. The minimum Gasteiger partial charge on any atom is -0.310 e. The molecule has 0 saturated carbocycles. The lowest BCUT2D eigenvalue weighted by atomic mass is 9.67. The standard InChI is InChI=1S/C57H39N/c1-5-20-40(21-6-1)56-51(52-38-41-22-13-14-29-46(41)47-30-15-16-31-48(47)52)33-19-35-55(56)58(44-27-11-4-12-28-44)45-36-37-50-49-32-17-18-34-53(49)57(54(50)39-45,42-23-7-2-8-24-42)43-25-9-3-10-26-43/h1-39H. The summed E-state index contributed by atoms with van der Waals surface area (Å²) in [6.07, 6.45) is 0. The van der Waals surface area contributed by atoms with Crippen molar-refractivity contribution >= 4 is 38.6 Å². The average molecular weight is 738 g/mol. The van der Waals surface area contributed by atoms with E-state index in [2.05, 4.69) is 241 Å². The molecule has 1 aliphatic rings. The number of hydrogen-bond donors (Lipinski definition) is 0. The van der Waals surface area contributed by atoms with Gasteiger partial charge in [-0.05, 0) is 108 Å². The summed E-state index contributed by atoms with van der Waals surface area (Å²) < 4.78 is 0. The third-order valence-corrected chi connectivity index (χ3v) is 12.1. The van der Waals surface area contributed by atoms with Crippen molar-refractivity contribution in [3.05, 3.63) is 259 Å². The fourth-order valence-electron chi connectivity index (χ4n) is 9.71. The van der Waals surface area contributed by atoms with Gasteiger partial charge < -0.3 is 4.90 Å². The van der Waals surface area contributed by atoms with Crippen molar-refractivity contribution in [2.24, 2.45) is 0 Å². The Bertz CT molecular complexity index is 3060. The number of fused-ring (bicyclic) bond motifs is 6. The predicted molar refractivity (Wildman–Crippen MR) is 244 cm³/mol. The van der Waals surface area contributed by atoms with Crippen molar-refractivity contribution in [1.82, 2.24) is 0 Å². The molecule has 0 radical (unpaired) electrons. The van der Waals surface area contributed by atoms with Gasteiger partial charge in [0.25, 0.3) is 0 Å². The van der Waals surface area contributed by atoms with E-state index in [1.807, 2.05) is 0 Å². The van der Waals surface area contributed by atoms with E-state index in [1.54, 1.807) is 0 Å². The van der Waals surface area contributed by atoms with Crippen LogP contribution >= 0.6 is 0 Å². The lowest BCUT2D eigenvalue weighted by Gasteiger charge is -2.35. The van der Waals surface area contributed by atoms with Crippen molar-refractivity contribution in [3.8, 4) is 33.4 Å². The van der Waals surface area contributed by atoms with Gasteiger partial charge in [0.1, 0.15) is 0 Å². The molecule has 0 unspecified atom stereocenters. The predicted octanol–water partition coefficient (Wildman–Crippen LogP) is 15.2. The van der Waals surface area contributed by atoms with Crippen molar-refractivity contribution in [3.63, 3.8) is 0 Å². The Hall–Kier alpha value is -7.48. The minimum absolute atomic E-state index is 0.513. The number of rotatable bonds is 7. The molecule has 1 nitrogen and oxygen atoms in total. The Morgan fingerprint density at radius 3 is 1.59 bits per heavy atom. The molecule has 0 saturated heterocycles. The topological polar surface area (TPSA) is 3.24 Å². The Balaban J connectivity index is 1.22. The van der Waals surface area contributed by atoms with E-state index in [0.29, 0.717) is 0 Å². The van der Waals surface area contributed by atoms with Crippen molar-refractivity contribution in [2.45, 2.75) is 5.41 Å². The van der Waals surface area contributed by atoms with Crippen molar-refractivity contribution in [2.75, 3.05) is 4.90 Å². The first-order chi connectivity index (χ1) is 28.8. The fourth-order valence-corrected chi connectivity index (χ4v) is 9.71. The smallest absolute Gasteiger partial charge is 0.0714 e. The normalized spacial score (nSPS) is 12.6. The van der Waals surface area contributed by atoms with Gasteiger partial charge in [-0.1, -0.05) is 200 Å². The summed E-state index contributed by atoms with van der Waals surface area (Å²) in [5, 5.41) is 5.00. The molecule has 0 heterocycles. The lowest BCUT2D eigenvalue weighted by Crippen LogP contribution is -2.28. The van der Waals surface area contributed by atoms with Crippen LogP contribution in [0.5, 0.6) is 0 Å². The summed E-state index contributed by atoms with van der Waals surface area (Å²) in [6, 6.07) is 86.9. The first-order valence-corrected chi connectivity index (χ1v) is 20.1. The monoisotopic (exact) mass is 737 g/mol. The molecule has 10 aromatic carbocycles. The molecule has 1 heteroatoms. The van der Waals surface area contributed by atoms with Crippen LogP contribution in [0.1, 0.15) is 22.3 Å². The van der Waals surface area contributed by atoms with E-state index >= 15 is 0 Å². The number of anilines is 3. The maximum atomic E-state index is 2.47. The van der Waals surface area contributed by atoms with Crippen LogP contribution in [0, 0.1) is 0 Å². The Labute approximate surface area is 339 Å². The number of benzene rings is 10. The Morgan fingerprint density at radius 1 is 0.310 bits per heavy atom. The molecule has 0 N–H and O–H groups in total. The highest BCUT2D eigenvalue weighted by atomic mass is 15.1. The zero-order valence-electron chi connectivity index (χ0n) is 32.0. The van der Waals surface area contributed by atoms with Crippen LogP contribution in [0.4, 0.5) is 17.1 Å². The van der Waals surface area contributed by atoms with Gasteiger partial charge in [0.15, 0.2) is 0 Å². The molecule has 10 aromatic rings. The highest BCUT2D eigenvalue weighted by molar-refractivity contribution is 6.15. The minimum atomic E-state index is -0.513. The van der Waals surface area contributed by atoms with Crippen LogP contribution < -0.4 is 4.90 Å². The second-order valence-corrected chi connectivity index (χ2v) is 15.2. The molecule has 1 aliphatic carbocycles. The van der Waals surface area contributed by atoms with Gasteiger partial charge >= 0.3 is 0 Å². The van der Waals surface area contributed by atoms with E-state index in [1.165, 1.54) is 77.2 Å². The van der Waals surface area contributed by atoms with Gasteiger partial charge in [0, 0.05) is 16.9 Å². The van der Waals surface area contributed by atoms with Crippen LogP contribution in [0.3, 0.4) is 0 Å². The molecule has 0 aromatic heterocycles. The zero-order valence-corrected chi connectivity index (χ0v) is 32.0. The summed E-state index contributed by atoms with van der Waals surface area (Å²) in [5.74, 6) is 0. The quantitative estimate of drug-likeness (QED) is 0.147. The van der Waals surface area contributed by atoms with Gasteiger partial charge in [0.05, 0.1) is 11.1 Å². The highest BCUT2D eigenvalue weighted by Gasteiger charge is 2.46. The summed E-state index contributed by atoms with van der Waals surface area (Å²) in [6.45, 7) is 0. The molecule has 0 aliphatic heterocycles. The van der Waals surface area contributed by atoms with Crippen LogP contribution in [0.2, 0.25) is 0 Å². The number of nitrogens with zero attached hydrogens (tertiary/aromatic N) is 1. The summed E-state index contributed by atoms with van der Waals surface area (Å²) >= 11 is 0. The largest absolute Gasteiger partial charge is 0.310 e. The summed E-state index contributed by atoms with van der Waals surface area (Å²) in [4.78, 5) is 2.47. The molecule has 0 amide bonds. The highest BCUT2D eigenvalue weighted by Crippen LogP contribution is 2.57. The van der Waals surface area contributed by atoms with Crippen molar-refractivity contribution < 1.29 is 0 Å². The van der Waals surface area contributed by atoms with Crippen LogP contribution in [-0.4, -0.2) is 0 Å². The molecular formula is C57H39N. The van der Waals surface area contributed by atoms with E-state index < -0.39 is 5.41 Å². The second-order valence-electron chi connectivity index (χ2n) is 15.2. The van der Waals surface area contributed by atoms with Gasteiger partial charge in [-0.15, -0.1) is 0 Å². The van der Waals surface area contributed by atoms with E-state index in [-0.39, 0.29) is 0 Å². The third kappa shape index (κ3) is 5.25. The summed E-state index contributed by atoms with van der Waals surface area (Å²) in [7, 11) is 0. The first kappa shape index (κ1) is 33.8. The molecule has 0 spiro atoms. The molecule has 11 rings (SSSR count). The summed E-state index contributed by atoms with van der Waals surface area (Å²) in [5.41, 5.74) is 15.2. The number of para-hydroxylation sites is 1. The molecule has 0 atom stereocenters. The SMILES string of the molecule is c1ccc(-c2c(-c3cc4ccccc4c4ccccc34)cccc2N(c2ccccc2)c2ccc3c(c2)C(c2ccccc2)(c2ccccc2)c2ccccc2-3)cc1. The molecule has 0 fully saturated rings. The van der Waals surface area contributed by atoms with Gasteiger partial charge in [-0.3, -0.25) is 0 Å². The molecular weight excluding hydrogens is 699 g/mol. The lowest BCUT2D eigenvalue weighted by molar-refractivity contribution is 0.768. The van der Waals surface area contributed by atoms with Crippen LogP contribution in [0.25, 0.3) is 54.9 Å².